The van der Waals surface area contributed by atoms with Gasteiger partial charge in [-0.15, -0.1) is 0 Å². The minimum atomic E-state index is -4.52. The lowest BCUT2D eigenvalue weighted by atomic mass is 10.1. The van der Waals surface area contributed by atoms with E-state index in [1.165, 1.54) is 18.2 Å². The number of anilines is 1. The molecule has 110 valence electrons. The Morgan fingerprint density at radius 3 is 2.57 bits per heavy atom. The number of halogens is 5. The quantitative estimate of drug-likeness (QED) is 0.764. The third-order valence-corrected chi connectivity index (χ3v) is 3.40. The van der Waals surface area contributed by atoms with Crippen molar-refractivity contribution < 1.29 is 18.0 Å². The molecule has 0 spiro atoms. The molecule has 0 saturated carbocycles. The Labute approximate surface area is 131 Å². The summed E-state index contributed by atoms with van der Waals surface area (Å²) in [5.74, 6) is -0.570. The van der Waals surface area contributed by atoms with Gasteiger partial charge in [-0.25, -0.2) is 4.98 Å². The zero-order valence-electron chi connectivity index (χ0n) is 10.2. The third kappa shape index (κ3) is 3.95. The Bertz CT molecular complexity index is 691. The zero-order chi connectivity index (χ0) is 15.6. The lowest BCUT2D eigenvalue weighted by Gasteiger charge is -2.10. The number of hydrogen-bond donors (Lipinski definition) is 1. The number of nitrogens with one attached hydrogen (secondary N) is 1. The first-order chi connectivity index (χ1) is 9.77. The SMILES string of the molecule is O=C(Nc1cccc(Cl)n1)c1cc(C(F)(F)F)ccc1Br. The second-order valence-electron chi connectivity index (χ2n) is 3.99. The van der Waals surface area contributed by atoms with Crippen LogP contribution in [0.1, 0.15) is 15.9 Å². The third-order valence-electron chi connectivity index (χ3n) is 2.50. The maximum atomic E-state index is 12.7. The normalized spacial score (nSPS) is 11.3. The molecule has 0 aliphatic carbocycles. The van der Waals surface area contributed by atoms with Crippen LogP contribution in [-0.2, 0) is 6.18 Å². The highest BCUT2D eigenvalue weighted by Crippen LogP contribution is 2.32. The topological polar surface area (TPSA) is 42.0 Å². The van der Waals surface area contributed by atoms with Crippen LogP contribution in [0, 0.1) is 0 Å². The van der Waals surface area contributed by atoms with Gasteiger partial charge in [-0.3, -0.25) is 4.79 Å². The van der Waals surface area contributed by atoms with E-state index in [1.54, 1.807) is 6.07 Å². The average Bonchev–Trinajstić information content (AvgIpc) is 2.37. The number of hydrogen-bond acceptors (Lipinski definition) is 2. The molecule has 0 radical (unpaired) electrons. The Balaban J connectivity index is 2.31. The number of rotatable bonds is 2. The number of carbonyl (C=O) groups is 1. The highest BCUT2D eigenvalue weighted by atomic mass is 79.9. The van der Waals surface area contributed by atoms with Crippen molar-refractivity contribution in [3.63, 3.8) is 0 Å². The van der Waals surface area contributed by atoms with Crippen molar-refractivity contribution in [3.05, 3.63) is 57.2 Å². The highest BCUT2D eigenvalue weighted by Gasteiger charge is 2.31. The molecule has 1 N–H and O–H groups in total. The van der Waals surface area contributed by atoms with Gasteiger partial charge in [0.2, 0.25) is 0 Å². The number of alkyl halides is 3. The molecule has 3 nitrogen and oxygen atoms in total. The van der Waals surface area contributed by atoms with Crippen LogP contribution in [-0.4, -0.2) is 10.9 Å². The molecule has 1 aromatic carbocycles. The highest BCUT2D eigenvalue weighted by molar-refractivity contribution is 9.10. The molecule has 0 saturated heterocycles. The van der Waals surface area contributed by atoms with E-state index >= 15 is 0 Å². The fourth-order valence-electron chi connectivity index (χ4n) is 1.54. The van der Waals surface area contributed by atoms with Gasteiger partial charge in [0, 0.05) is 4.47 Å². The summed E-state index contributed by atoms with van der Waals surface area (Å²) in [5.41, 5.74) is -1.05. The second kappa shape index (κ2) is 6.03. The monoisotopic (exact) mass is 378 g/mol. The summed E-state index contributed by atoms with van der Waals surface area (Å²) < 4.78 is 38.2. The molecule has 1 heterocycles. The van der Waals surface area contributed by atoms with Gasteiger partial charge in [0.05, 0.1) is 11.1 Å². The zero-order valence-corrected chi connectivity index (χ0v) is 12.6. The molecule has 21 heavy (non-hydrogen) atoms. The summed E-state index contributed by atoms with van der Waals surface area (Å²) in [4.78, 5) is 15.9. The Hall–Kier alpha value is -1.60. The summed E-state index contributed by atoms with van der Waals surface area (Å²) in [7, 11) is 0. The fraction of sp³-hybridized carbons (Fsp3) is 0.0769. The number of benzene rings is 1. The predicted molar refractivity (Wildman–Crippen MR) is 76.3 cm³/mol. The Morgan fingerprint density at radius 1 is 1.24 bits per heavy atom. The summed E-state index contributed by atoms with van der Waals surface area (Å²) in [6, 6.07) is 7.38. The standard InChI is InChI=1S/C13H7BrClF3N2O/c14-9-5-4-7(13(16,17)18)6-8(9)12(21)20-11-3-1-2-10(15)19-11/h1-6H,(H,19,20,21). The van der Waals surface area contributed by atoms with E-state index in [0.717, 1.165) is 12.1 Å². The Morgan fingerprint density at radius 2 is 1.95 bits per heavy atom. The first-order valence-electron chi connectivity index (χ1n) is 5.58. The lowest BCUT2D eigenvalue weighted by Crippen LogP contribution is -2.15. The van der Waals surface area contributed by atoms with Crippen molar-refractivity contribution in [2.24, 2.45) is 0 Å². The molecule has 1 aromatic heterocycles. The smallest absolute Gasteiger partial charge is 0.306 e. The van der Waals surface area contributed by atoms with Gasteiger partial charge in [0.1, 0.15) is 11.0 Å². The maximum absolute atomic E-state index is 12.7. The molecule has 0 bridgehead atoms. The van der Waals surface area contributed by atoms with Crippen LogP contribution in [0.5, 0.6) is 0 Å². The molecule has 0 fully saturated rings. The predicted octanol–water partition coefficient (Wildman–Crippen LogP) is 4.77. The molecule has 8 heteroatoms. The first kappa shape index (κ1) is 15.8. The first-order valence-corrected chi connectivity index (χ1v) is 6.75. The number of amides is 1. The molecule has 1 amide bonds. The average molecular weight is 380 g/mol. The van der Waals surface area contributed by atoms with Crippen LogP contribution in [0.4, 0.5) is 19.0 Å². The summed E-state index contributed by atoms with van der Waals surface area (Å²) in [6.45, 7) is 0. The summed E-state index contributed by atoms with van der Waals surface area (Å²) >= 11 is 8.72. The number of carbonyl (C=O) groups excluding carboxylic acids is 1. The van der Waals surface area contributed by atoms with E-state index in [1.807, 2.05) is 0 Å². The van der Waals surface area contributed by atoms with Crippen molar-refractivity contribution in [2.45, 2.75) is 6.18 Å². The minimum absolute atomic E-state index is 0.147. The molecule has 0 aliphatic heterocycles. The van der Waals surface area contributed by atoms with Gasteiger partial charge >= 0.3 is 6.18 Å². The van der Waals surface area contributed by atoms with Crippen LogP contribution in [0.25, 0.3) is 0 Å². The molecular formula is C13H7BrClF3N2O. The van der Waals surface area contributed by atoms with Crippen LogP contribution in [0.2, 0.25) is 5.15 Å². The van der Waals surface area contributed by atoms with Crippen LogP contribution in [0.15, 0.2) is 40.9 Å². The van der Waals surface area contributed by atoms with Gasteiger partial charge in [0.25, 0.3) is 5.91 Å². The van der Waals surface area contributed by atoms with E-state index in [9.17, 15) is 18.0 Å². The second-order valence-corrected chi connectivity index (χ2v) is 5.23. The fourth-order valence-corrected chi connectivity index (χ4v) is 2.13. The molecule has 2 aromatic rings. The number of pyridine rings is 1. The lowest BCUT2D eigenvalue weighted by molar-refractivity contribution is -0.137. The molecule has 0 aliphatic rings. The van der Waals surface area contributed by atoms with E-state index in [-0.39, 0.29) is 21.0 Å². The molecule has 2 rings (SSSR count). The Kier molecular flexibility index (Phi) is 4.53. The van der Waals surface area contributed by atoms with Crippen LogP contribution in [0.3, 0.4) is 0 Å². The molecule has 0 atom stereocenters. The maximum Gasteiger partial charge on any atom is 0.416 e. The van der Waals surface area contributed by atoms with E-state index < -0.39 is 17.6 Å². The van der Waals surface area contributed by atoms with E-state index in [2.05, 4.69) is 26.2 Å². The van der Waals surface area contributed by atoms with Gasteiger partial charge in [-0.2, -0.15) is 13.2 Å². The van der Waals surface area contributed by atoms with Gasteiger partial charge in [-0.05, 0) is 46.3 Å². The molecule has 0 unspecified atom stereocenters. The van der Waals surface area contributed by atoms with Crippen LogP contribution < -0.4 is 5.32 Å². The van der Waals surface area contributed by atoms with Crippen molar-refractivity contribution in [1.82, 2.24) is 4.98 Å². The largest absolute Gasteiger partial charge is 0.416 e. The van der Waals surface area contributed by atoms with E-state index in [0.29, 0.717) is 0 Å². The van der Waals surface area contributed by atoms with Crippen molar-refractivity contribution in [3.8, 4) is 0 Å². The van der Waals surface area contributed by atoms with Crippen molar-refractivity contribution >= 4 is 39.3 Å². The van der Waals surface area contributed by atoms with E-state index in [4.69, 9.17) is 11.6 Å². The summed E-state index contributed by atoms with van der Waals surface area (Å²) in [6.07, 6.45) is -4.52. The minimum Gasteiger partial charge on any atom is -0.306 e. The summed E-state index contributed by atoms with van der Waals surface area (Å²) in [5, 5.41) is 2.55. The number of aromatic nitrogens is 1. The number of nitrogens with zero attached hydrogens (tertiary/aromatic N) is 1. The van der Waals surface area contributed by atoms with Gasteiger partial charge in [0.15, 0.2) is 0 Å². The van der Waals surface area contributed by atoms with Gasteiger partial charge < -0.3 is 5.32 Å². The van der Waals surface area contributed by atoms with Crippen molar-refractivity contribution in [2.75, 3.05) is 5.32 Å². The van der Waals surface area contributed by atoms with Crippen molar-refractivity contribution in [1.29, 1.82) is 0 Å². The van der Waals surface area contributed by atoms with Gasteiger partial charge in [-0.1, -0.05) is 17.7 Å². The molecular weight excluding hydrogens is 373 g/mol. The van der Waals surface area contributed by atoms with Crippen LogP contribution >= 0.6 is 27.5 Å².